The number of hydrogen-bond donors (Lipinski definition) is 1. The van der Waals surface area contributed by atoms with Gasteiger partial charge in [0.15, 0.2) is 0 Å². The molecule has 2 aliphatic heterocycles. The number of carbonyl (C=O) groups excluding carboxylic acids is 2. The lowest BCUT2D eigenvalue weighted by atomic mass is 10.1. The number of nitrogens with one attached hydrogen (secondary N) is 1. The number of amides is 2. The molecule has 0 unspecified atom stereocenters. The molecule has 27 heavy (non-hydrogen) atoms. The van der Waals surface area contributed by atoms with Crippen molar-refractivity contribution in [3.8, 4) is 0 Å². The van der Waals surface area contributed by atoms with Crippen LogP contribution in [0.2, 0.25) is 0 Å². The Hall–Kier alpha value is -2.13. The van der Waals surface area contributed by atoms with Crippen LogP contribution in [0.4, 0.5) is 24.5 Å². The van der Waals surface area contributed by atoms with Crippen molar-refractivity contribution in [1.29, 1.82) is 0 Å². The summed E-state index contributed by atoms with van der Waals surface area (Å²) in [6.45, 7) is 4.46. The van der Waals surface area contributed by atoms with E-state index in [4.69, 9.17) is 4.74 Å². The zero-order chi connectivity index (χ0) is 19.8. The Morgan fingerprint density at radius 3 is 2.48 bits per heavy atom. The Bertz CT molecular complexity index is 715. The number of benzene rings is 1. The van der Waals surface area contributed by atoms with Gasteiger partial charge >= 0.3 is 6.18 Å². The summed E-state index contributed by atoms with van der Waals surface area (Å²) in [5, 5.41) is 2.46. The molecule has 2 amide bonds. The molecule has 1 saturated heterocycles. The third-order valence-corrected chi connectivity index (χ3v) is 4.63. The summed E-state index contributed by atoms with van der Waals surface area (Å²) in [4.78, 5) is 27.4. The average Bonchev–Trinajstić information content (AvgIpc) is 2.69. The van der Waals surface area contributed by atoms with Gasteiger partial charge in [-0.25, -0.2) is 0 Å². The maximum absolute atomic E-state index is 13.7. The van der Waals surface area contributed by atoms with E-state index in [9.17, 15) is 22.8 Å². The first-order chi connectivity index (χ1) is 12.6. The van der Waals surface area contributed by atoms with Crippen LogP contribution in [0.1, 0.15) is 20.3 Å². The first kappa shape index (κ1) is 19.6. The van der Waals surface area contributed by atoms with Crippen molar-refractivity contribution in [2.75, 3.05) is 29.9 Å². The molecule has 148 valence electrons. The number of morpholine rings is 1. The van der Waals surface area contributed by atoms with Crippen molar-refractivity contribution < 1.29 is 27.5 Å². The largest absolute Gasteiger partial charge is 0.409 e. The molecule has 3 atom stereocenters. The zero-order valence-corrected chi connectivity index (χ0v) is 15.1. The Labute approximate surface area is 155 Å². The van der Waals surface area contributed by atoms with Gasteiger partial charge in [0.1, 0.15) is 6.04 Å². The maximum atomic E-state index is 13.7. The number of alkyl halides is 3. The minimum Gasteiger partial charge on any atom is -0.373 e. The highest BCUT2D eigenvalue weighted by Crippen LogP contribution is 2.37. The molecule has 3 rings (SSSR count). The summed E-state index contributed by atoms with van der Waals surface area (Å²) in [6.07, 6.45) is -5.78. The second kappa shape index (κ2) is 7.47. The van der Waals surface area contributed by atoms with E-state index in [1.165, 1.54) is 12.1 Å². The van der Waals surface area contributed by atoms with Crippen molar-refractivity contribution in [2.45, 2.75) is 44.7 Å². The predicted octanol–water partition coefficient (Wildman–Crippen LogP) is 2.40. The Morgan fingerprint density at radius 2 is 1.85 bits per heavy atom. The van der Waals surface area contributed by atoms with Crippen molar-refractivity contribution in [1.82, 2.24) is 4.90 Å². The summed E-state index contributed by atoms with van der Waals surface area (Å²) in [5.41, 5.74) is 0.261. The predicted molar refractivity (Wildman–Crippen MR) is 93.5 cm³/mol. The lowest BCUT2D eigenvalue weighted by Crippen LogP contribution is -2.55. The fourth-order valence-corrected chi connectivity index (χ4v) is 3.68. The van der Waals surface area contributed by atoms with Gasteiger partial charge < -0.3 is 10.1 Å². The highest BCUT2D eigenvalue weighted by atomic mass is 19.4. The van der Waals surface area contributed by atoms with Gasteiger partial charge in [0.2, 0.25) is 11.8 Å². The SMILES string of the molecule is C[C@@H]1CN(CC(=O)N2c3ccccc3NC(=O)C[C@@H]2C(F)(F)F)C[C@H](C)O1. The van der Waals surface area contributed by atoms with Gasteiger partial charge in [-0.15, -0.1) is 0 Å². The topological polar surface area (TPSA) is 61.9 Å². The summed E-state index contributed by atoms with van der Waals surface area (Å²) >= 11 is 0. The van der Waals surface area contributed by atoms with E-state index in [1.807, 2.05) is 13.8 Å². The average molecular weight is 385 g/mol. The second-order valence-electron chi connectivity index (χ2n) is 7.04. The Kier molecular flexibility index (Phi) is 5.43. The van der Waals surface area contributed by atoms with Crippen LogP contribution in [0.5, 0.6) is 0 Å². The van der Waals surface area contributed by atoms with Crippen molar-refractivity contribution in [3.63, 3.8) is 0 Å². The molecule has 9 heteroatoms. The minimum atomic E-state index is -4.73. The molecule has 0 bridgehead atoms. The van der Waals surface area contributed by atoms with Crippen LogP contribution in [0.25, 0.3) is 0 Å². The molecule has 1 aromatic carbocycles. The Morgan fingerprint density at radius 1 is 1.22 bits per heavy atom. The number of fused-ring (bicyclic) bond motifs is 1. The molecule has 2 aliphatic rings. The van der Waals surface area contributed by atoms with Crippen LogP contribution in [-0.4, -0.2) is 60.8 Å². The fraction of sp³-hybridized carbons (Fsp3) is 0.556. The Balaban J connectivity index is 1.93. The normalized spacial score (nSPS) is 26.9. The molecule has 1 aromatic rings. The van der Waals surface area contributed by atoms with Gasteiger partial charge in [-0.1, -0.05) is 12.1 Å². The van der Waals surface area contributed by atoms with Crippen molar-refractivity contribution >= 4 is 23.2 Å². The minimum absolute atomic E-state index is 0.0602. The first-order valence-electron chi connectivity index (χ1n) is 8.80. The lowest BCUT2D eigenvalue weighted by molar-refractivity contribution is -0.158. The first-order valence-corrected chi connectivity index (χ1v) is 8.80. The number of para-hydroxylation sites is 2. The molecular formula is C18H22F3N3O3. The lowest BCUT2D eigenvalue weighted by Gasteiger charge is -2.37. The van der Waals surface area contributed by atoms with Gasteiger partial charge in [0.25, 0.3) is 0 Å². The smallest absolute Gasteiger partial charge is 0.373 e. The van der Waals surface area contributed by atoms with Gasteiger partial charge in [0.05, 0.1) is 36.5 Å². The fourth-order valence-electron chi connectivity index (χ4n) is 3.68. The number of rotatable bonds is 2. The van der Waals surface area contributed by atoms with Crippen LogP contribution in [0, 0.1) is 0 Å². The molecule has 0 spiro atoms. The van der Waals surface area contributed by atoms with Crippen molar-refractivity contribution in [3.05, 3.63) is 24.3 Å². The summed E-state index contributed by atoms with van der Waals surface area (Å²) < 4.78 is 46.7. The van der Waals surface area contributed by atoms with Crippen LogP contribution in [-0.2, 0) is 14.3 Å². The second-order valence-corrected chi connectivity index (χ2v) is 7.04. The van der Waals surface area contributed by atoms with E-state index in [2.05, 4.69) is 5.32 Å². The van der Waals surface area contributed by atoms with E-state index >= 15 is 0 Å². The molecule has 0 aliphatic carbocycles. The maximum Gasteiger partial charge on any atom is 0.409 e. The molecule has 2 heterocycles. The van der Waals surface area contributed by atoms with E-state index in [0.29, 0.717) is 13.1 Å². The highest BCUT2D eigenvalue weighted by Gasteiger charge is 2.49. The standard InChI is InChI=1S/C18H22F3N3O3/c1-11-8-23(9-12(2)27-11)10-17(26)24-14-6-4-3-5-13(14)22-16(25)7-15(24)18(19,20)21/h3-6,11-12,15H,7-10H2,1-2H3,(H,22,25)/t11-,12+,15-/m1/s1. The number of nitrogens with zero attached hydrogens (tertiary/aromatic N) is 2. The third kappa shape index (κ3) is 4.41. The number of carbonyl (C=O) groups is 2. The van der Waals surface area contributed by atoms with Gasteiger partial charge in [-0.3, -0.25) is 19.4 Å². The molecule has 1 N–H and O–H groups in total. The zero-order valence-electron chi connectivity index (χ0n) is 15.1. The molecule has 0 radical (unpaired) electrons. The van der Waals surface area contributed by atoms with E-state index < -0.39 is 30.5 Å². The molecule has 1 fully saturated rings. The third-order valence-electron chi connectivity index (χ3n) is 4.63. The number of hydrogen-bond acceptors (Lipinski definition) is 4. The summed E-state index contributed by atoms with van der Waals surface area (Å²) in [6, 6.07) is 3.85. The summed E-state index contributed by atoms with van der Waals surface area (Å²) in [7, 11) is 0. The number of anilines is 2. The monoisotopic (exact) mass is 385 g/mol. The van der Waals surface area contributed by atoms with Crippen molar-refractivity contribution in [2.24, 2.45) is 0 Å². The molecular weight excluding hydrogens is 363 g/mol. The number of ether oxygens (including phenoxy) is 1. The summed E-state index contributed by atoms with van der Waals surface area (Å²) in [5.74, 6) is -1.46. The van der Waals surface area contributed by atoms with Crippen LogP contribution < -0.4 is 10.2 Å². The van der Waals surface area contributed by atoms with Crippen LogP contribution in [0.3, 0.4) is 0 Å². The van der Waals surface area contributed by atoms with E-state index in [1.54, 1.807) is 17.0 Å². The quantitative estimate of drug-likeness (QED) is 0.849. The molecule has 0 aromatic heterocycles. The van der Waals surface area contributed by atoms with E-state index in [0.717, 1.165) is 4.90 Å². The molecule has 0 saturated carbocycles. The van der Waals surface area contributed by atoms with Crippen LogP contribution >= 0.6 is 0 Å². The van der Waals surface area contributed by atoms with Gasteiger partial charge in [-0.05, 0) is 26.0 Å². The molecule has 6 nitrogen and oxygen atoms in total. The highest BCUT2D eigenvalue weighted by molar-refractivity contribution is 6.05. The van der Waals surface area contributed by atoms with Crippen LogP contribution in [0.15, 0.2) is 24.3 Å². The van der Waals surface area contributed by atoms with Gasteiger partial charge in [-0.2, -0.15) is 13.2 Å². The van der Waals surface area contributed by atoms with Gasteiger partial charge in [0, 0.05) is 13.1 Å². The number of halogens is 3. The van der Waals surface area contributed by atoms with E-state index in [-0.39, 0.29) is 30.1 Å².